The Morgan fingerprint density at radius 3 is 2.58 bits per heavy atom. The molecule has 1 aromatic heterocycles. The summed E-state index contributed by atoms with van der Waals surface area (Å²) >= 11 is 0. The normalized spacial score (nSPS) is 12.1. The fourth-order valence-corrected chi connectivity index (χ4v) is 2.18. The molecule has 0 aliphatic carbocycles. The number of hydrogen-bond donors (Lipinski definition) is 2. The smallest absolute Gasteiger partial charge is 0.345 e. The average molecular weight is 325 g/mol. The summed E-state index contributed by atoms with van der Waals surface area (Å²) in [5.41, 5.74) is 1.93. The second-order valence-corrected chi connectivity index (χ2v) is 5.43. The van der Waals surface area contributed by atoms with Crippen LogP contribution in [0.3, 0.4) is 0 Å². The Balaban J connectivity index is 1.66. The Labute approximate surface area is 139 Å². The van der Waals surface area contributed by atoms with Crippen LogP contribution in [-0.4, -0.2) is 38.0 Å². The van der Waals surface area contributed by atoms with E-state index in [1.165, 1.54) is 4.68 Å². The maximum atomic E-state index is 9.23. The van der Waals surface area contributed by atoms with Crippen LogP contribution < -0.4 is 10.1 Å². The minimum atomic E-state index is -0.357. The largest absolute Gasteiger partial charge is 0.423 e. The highest BCUT2D eigenvalue weighted by molar-refractivity contribution is 5.34. The van der Waals surface area contributed by atoms with Gasteiger partial charge in [0.1, 0.15) is 5.75 Å². The maximum absolute atomic E-state index is 9.23. The van der Waals surface area contributed by atoms with Crippen LogP contribution in [0.2, 0.25) is 0 Å². The number of aliphatic hydroxyl groups is 1. The van der Waals surface area contributed by atoms with E-state index in [-0.39, 0.29) is 6.10 Å². The van der Waals surface area contributed by atoms with E-state index in [1.807, 2.05) is 54.6 Å². The van der Waals surface area contributed by atoms with Gasteiger partial charge in [-0.1, -0.05) is 35.4 Å². The van der Waals surface area contributed by atoms with Crippen LogP contribution in [0.5, 0.6) is 11.8 Å². The van der Waals surface area contributed by atoms with Crippen molar-refractivity contribution in [1.29, 1.82) is 0 Å². The zero-order valence-corrected chi connectivity index (χ0v) is 13.3. The highest BCUT2D eigenvalue weighted by Gasteiger charge is 2.10. The Morgan fingerprint density at radius 1 is 1.12 bits per heavy atom. The minimum Gasteiger partial charge on any atom is -0.423 e. The predicted octanol–water partition coefficient (Wildman–Crippen LogP) is 1.92. The SMILES string of the molecule is C[C@H](O)CNCc1ccc(Oc2nnnn2-c2ccccc2)cc1. The lowest BCUT2D eigenvalue weighted by atomic mass is 10.2. The van der Waals surface area contributed by atoms with Gasteiger partial charge in [0.25, 0.3) is 0 Å². The molecule has 0 saturated heterocycles. The van der Waals surface area contributed by atoms with E-state index >= 15 is 0 Å². The average Bonchev–Trinajstić information content (AvgIpc) is 3.05. The molecule has 0 bridgehead atoms. The van der Waals surface area contributed by atoms with E-state index in [0.717, 1.165) is 11.3 Å². The van der Waals surface area contributed by atoms with E-state index < -0.39 is 0 Å². The van der Waals surface area contributed by atoms with Crippen LogP contribution in [0.15, 0.2) is 54.6 Å². The molecule has 7 heteroatoms. The van der Waals surface area contributed by atoms with Crippen LogP contribution in [0.25, 0.3) is 5.69 Å². The highest BCUT2D eigenvalue weighted by Crippen LogP contribution is 2.21. The zero-order valence-electron chi connectivity index (χ0n) is 13.3. The monoisotopic (exact) mass is 325 g/mol. The first-order chi connectivity index (χ1) is 11.7. The van der Waals surface area contributed by atoms with Gasteiger partial charge in [-0.05, 0) is 47.2 Å². The number of tetrazole rings is 1. The summed E-state index contributed by atoms with van der Waals surface area (Å²) in [6.07, 6.45) is -0.357. The van der Waals surface area contributed by atoms with Crippen LogP contribution in [0.1, 0.15) is 12.5 Å². The van der Waals surface area contributed by atoms with Gasteiger partial charge < -0.3 is 15.2 Å². The summed E-state index contributed by atoms with van der Waals surface area (Å²) < 4.78 is 7.31. The standard InChI is InChI=1S/C17H19N5O2/c1-13(23)11-18-12-14-7-9-16(10-8-14)24-17-19-20-21-22(17)15-5-3-2-4-6-15/h2-10,13,18,23H,11-12H2,1H3/t13-/m0/s1. The molecular weight excluding hydrogens is 306 g/mol. The van der Waals surface area contributed by atoms with Gasteiger partial charge in [0, 0.05) is 13.1 Å². The molecule has 0 aliphatic heterocycles. The van der Waals surface area contributed by atoms with Crippen molar-refractivity contribution >= 4 is 0 Å². The Kier molecular flexibility index (Phi) is 5.15. The summed E-state index contributed by atoms with van der Waals surface area (Å²) in [5, 5.41) is 24.0. The van der Waals surface area contributed by atoms with E-state index in [0.29, 0.717) is 24.8 Å². The number of benzene rings is 2. The number of aromatic nitrogens is 4. The molecule has 0 radical (unpaired) electrons. The Morgan fingerprint density at radius 2 is 1.88 bits per heavy atom. The second-order valence-electron chi connectivity index (χ2n) is 5.43. The maximum Gasteiger partial charge on any atom is 0.345 e. The molecule has 0 saturated carbocycles. The molecule has 0 aliphatic rings. The molecule has 1 atom stereocenters. The summed E-state index contributed by atoms with van der Waals surface area (Å²) in [6, 6.07) is 17.5. The number of rotatable bonds is 7. The van der Waals surface area contributed by atoms with Gasteiger partial charge >= 0.3 is 6.01 Å². The Bertz CT molecular complexity index is 756. The molecule has 0 unspecified atom stereocenters. The number of nitrogens with one attached hydrogen (secondary N) is 1. The fraction of sp³-hybridized carbons (Fsp3) is 0.235. The molecular formula is C17H19N5O2. The third-order valence-electron chi connectivity index (χ3n) is 3.34. The first-order valence-electron chi connectivity index (χ1n) is 7.72. The first-order valence-corrected chi connectivity index (χ1v) is 7.72. The van der Waals surface area contributed by atoms with Crippen LogP contribution in [0, 0.1) is 0 Å². The van der Waals surface area contributed by atoms with Gasteiger partial charge in [0.15, 0.2) is 0 Å². The first kappa shape index (κ1) is 16.1. The van der Waals surface area contributed by atoms with Crippen LogP contribution >= 0.6 is 0 Å². The van der Waals surface area contributed by atoms with Crippen LogP contribution in [-0.2, 0) is 6.54 Å². The molecule has 3 rings (SSSR count). The van der Waals surface area contributed by atoms with Crippen molar-refractivity contribution in [2.75, 3.05) is 6.54 Å². The van der Waals surface area contributed by atoms with Gasteiger partial charge in [0.2, 0.25) is 0 Å². The number of ether oxygens (including phenoxy) is 1. The lowest BCUT2D eigenvalue weighted by Crippen LogP contribution is -2.23. The van der Waals surface area contributed by atoms with Gasteiger partial charge in [-0.3, -0.25) is 0 Å². The van der Waals surface area contributed by atoms with Gasteiger partial charge in [-0.25, -0.2) is 0 Å². The van der Waals surface area contributed by atoms with Crippen LogP contribution in [0.4, 0.5) is 0 Å². The molecule has 7 nitrogen and oxygen atoms in total. The summed E-state index contributed by atoms with van der Waals surface area (Å²) in [6.45, 7) is 3.00. The molecule has 24 heavy (non-hydrogen) atoms. The van der Waals surface area contributed by atoms with E-state index in [9.17, 15) is 5.11 Å². The topological polar surface area (TPSA) is 85.1 Å². The van der Waals surface area contributed by atoms with Gasteiger partial charge in [0.05, 0.1) is 11.8 Å². The van der Waals surface area contributed by atoms with Crippen molar-refractivity contribution in [3.8, 4) is 17.4 Å². The molecule has 124 valence electrons. The quantitative estimate of drug-likeness (QED) is 0.690. The van der Waals surface area contributed by atoms with E-state index in [1.54, 1.807) is 6.92 Å². The molecule has 2 N–H and O–H groups in total. The predicted molar refractivity (Wildman–Crippen MR) is 89.1 cm³/mol. The lowest BCUT2D eigenvalue weighted by Gasteiger charge is -2.08. The molecule has 0 fully saturated rings. The van der Waals surface area contributed by atoms with Crippen molar-refractivity contribution in [2.45, 2.75) is 19.6 Å². The lowest BCUT2D eigenvalue weighted by molar-refractivity contribution is 0.191. The minimum absolute atomic E-state index is 0.307. The summed E-state index contributed by atoms with van der Waals surface area (Å²) in [7, 11) is 0. The van der Waals surface area contributed by atoms with E-state index in [4.69, 9.17) is 4.74 Å². The Hall–Kier alpha value is -2.77. The molecule has 0 amide bonds. The number of para-hydroxylation sites is 1. The van der Waals surface area contributed by atoms with Crippen molar-refractivity contribution < 1.29 is 9.84 Å². The molecule has 3 aromatic rings. The summed E-state index contributed by atoms with van der Waals surface area (Å²) in [5.74, 6) is 0.654. The third kappa shape index (κ3) is 4.15. The fourth-order valence-electron chi connectivity index (χ4n) is 2.18. The van der Waals surface area contributed by atoms with Crippen molar-refractivity contribution in [3.05, 3.63) is 60.2 Å². The summed E-state index contributed by atoms with van der Waals surface area (Å²) in [4.78, 5) is 0. The highest BCUT2D eigenvalue weighted by atomic mass is 16.5. The third-order valence-corrected chi connectivity index (χ3v) is 3.34. The van der Waals surface area contributed by atoms with Crippen molar-refractivity contribution in [2.24, 2.45) is 0 Å². The second kappa shape index (κ2) is 7.67. The van der Waals surface area contributed by atoms with Gasteiger partial charge in [-0.2, -0.15) is 4.68 Å². The number of nitrogens with zero attached hydrogens (tertiary/aromatic N) is 4. The molecule has 0 spiro atoms. The number of aliphatic hydroxyl groups excluding tert-OH is 1. The zero-order chi connectivity index (χ0) is 16.8. The van der Waals surface area contributed by atoms with E-state index in [2.05, 4.69) is 20.8 Å². The van der Waals surface area contributed by atoms with Crippen molar-refractivity contribution in [1.82, 2.24) is 25.5 Å². The van der Waals surface area contributed by atoms with Gasteiger partial charge in [-0.15, -0.1) is 0 Å². The van der Waals surface area contributed by atoms with Crippen molar-refractivity contribution in [3.63, 3.8) is 0 Å². The molecule has 1 heterocycles. The number of hydrogen-bond acceptors (Lipinski definition) is 6. The molecule has 2 aromatic carbocycles.